The summed E-state index contributed by atoms with van der Waals surface area (Å²) in [5.41, 5.74) is 6.55. The summed E-state index contributed by atoms with van der Waals surface area (Å²) in [6, 6.07) is 1.66. The van der Waals surface area contributed by atoms with Crippen molar-refractivity contribution in [3.63, 3.8) is 0 Å². The van der Waals surface area contributed by atoms with E-state index in [9.17, 15) is 8.42 Å². The average Bonchev–Trinajstić information content (AvgIpc) is 2.85. The lowest BCUT2D eigenvalue weighted by Gasteiger charge is -2.04. The summed E-state index contributed by atoms with van der Waals surface area (Å²) in [4.78, 5) is 0.108. The lowest BCUT2D eigenvalue weighted by molar-refractivity contribution is 0.390. The molecule has 0 amide bonds. The molecule has 2 heterocycles. The first-order valence-corrected chi connectivity index (χ1v) is 6.46. The molecular formula is C10H13N3O3S. The van der Waals surface area contributed by atoms with Crippen LogP contribution in [0.5, 0.6) is 0 Å². The topological polar surface area (TPSA) is 91.1 Å². The standard InChI is InChI=1S/C10H13N3O3S/c1-7-10(8(2)16-12-7)17(14,15)13-4-3-9(5-11)6-13/h3-4,6H,5,11H2,1-2H3. The Morgan fingerprint density at radius 1 is 1.47 bits per heavy atom. The van der Waals surface area contributed by atoms with Crippen molar-refractivity contribution in [1.82, 2.24) is 9.13 Å². The third kappa shape index (κ3) is 1.87. The predicted octanol–water partition coefficient (Wildman–Crippen LogP) is 0.789. The Balaban J connectivity index is 2.57. The second-order valence-corrected chi connectivity index (χ2v) is 5.49. The molecule has 2 N–H and O–H groups in total. The highest BCUT2D eigenvalue weighted by Crippen LogP contribution is 2.22. The van der Waals surface area contributed by atoms with Crippen LogP contribution in [0.4, 0.5) is 0 Å². The zero-order valence-electron chi connectivity index (χ0n) is 9.54. The number of aryl methyl sites for hydroxylation is 2. The van der Waals surface area contributed by atoms with E-state index in [2.05, 4.69) is 5.16 Å². The molecule has 0 saturated carbocycles. The van der Waals surface area contributed by atoms with Crippen LogP contribution in [0.3, 0.4) is 0 Å². The van der Waals surface area contributed by atoms with E-state index in [4.69, 9.17) is 10.3 Å². The monoisotopic (exact) mass is 255 g/mol. The minimum Gasteiger partial charge on any atom is -0.360 e. The molecule has 0 bridgehead atoms. The molecule has 17 heavy (non-hydrogen) atoms. The largest absolute Gasteiger partial charge is 0.360 e. The Kier molecular flexibility index (Phi) is 2.80. The molecule has 6 nitrogen and oxygen atoms in total. The fourth-order valence-corrected chi connectivity index (χ4v) is 3.15. The Hall–Kier alpha value is -1.60. The lowest BCUT2D eigenvalue weighted by atomic mass is 10.4. The molecule has 2 aromatic rings. The van der Waals surface area contributed by atoms with Gasteiger partial charge in [0.15, 0.2) is 10.7 Å². The van der Waals surface area contributed by atoms with Gasteiger partial charge in [0.25, 0.3) is 10.0 Å². The molecule has 2 aromatic heterocycles. The van der Waals surface area contributed by atoms with E-state index >= 15 is 0 Å². The van der Waals surface area contributed by atoms with Crippen LogP contribution in [0.2, 0.25) is 0 Å². The van der Waals surface area contributed by atoms with Gasteiger partial charge >= 0.3 is 0 Å². The molecule has 0 saturated heterocycles. The van der Waals surface area contributed by atoms with Gasteiger partial charge in [0.05, 0.1) is 0 Å². The Labute approximate surface area is 99.1 Å². The van der Waals surface area contributed by atoms with Gasteiger partial charge in [0, 0.05) is 18.9 Å². The van der Waals surface area contributed by atoms with Crippen LogP contribution < -0.4 is 5.73 Å². The van der Waals surface area contributed by atoms with E-state index < -0.39 is 10.0 Å². The van der Waals surface area contributed by atoms with Gasteiger partial charge in [-0.2, -0.15) is 0 Å². The summed E-state index contributed by atoms with van der Waals surface area (Å²) < 4.78 is 30.6. The van der Waals surface area contributed by atoms with Gasteiger partial charge in [-0.3, -0.25) is 0 Å². The van der Waals surface area contributed by atoms with Crippen molar-refractivity contribution >= 4 is 10.0 Å². The third-order valence-electron chi connectivity index (χ3n) is 2.47. The maximum Gasteiger partial charge on any atom is 0.273 e. The van der Waals surface area contributed by atoms with E-state index in [1.165, 1.54) is 12.4 Å². The number of nitrogens with two attached hydrogens (primary N) is 1. The molecule has 0 spiro atoms. The van der Waals surface area contributed by atoms with Gasteiger partial charge in [0.1, 0.15) is 5.69 Å². The summed E-state index contributed by atoms with van der Waals surface area (Å²) in [5, 5.41) is 3.64. The molecule has 7 heteroatoms. The molecule has 0 aliphatic carbocycles. The van der Waals surface area contributed by atoms with Crippen LogP contribution >= 0.6 is 0 Å². The fourth-order valence-electron chi connectivity index (χ4n) is 1.64. The van der Waals surface area contributed by atoms with E-state index in [0.29, 0.717) is 12.2 Å². The highest BCUT2D eigenvalue weighted by Gasteiger charge is 2.25. The smallest absolute Gasteiger partial charge is 0.273 e. The van der Waals surface area contributed by atoms with Crippen LogP contribution in [-0.4, -0.2) is 17.5 Å². The molecule has 0 radical (unpaired) electrons. The minimum absolute atomic E-state index is 0.108. The van der Waals surface area contributed by atoms with Gasteiger partial charge in [-0.1, -0.05) is 5.16 Å². The van der Waals surface area contributed by atoms with Crippen molar-refractivity contribution in [2.75, 3.05) is 0 Å². The second-order valence-electron chi connectivity index (χ2n) is 3.71. The predicted molar refractivity (Wildman–Crippen MR) is 60.9 cm³/mol. The molecule has 0 aliphatic rings. The van der Waals surface area contributed by atoms with Crippen LogP contribution in [0.1, 0.15) is 17.0 Å². The molecule has 92 valence electrons. The van der Waals surface area contributed by atoms with Crippen molar-refractivity contribution in [3.8, 4) is 0 Å². The summed E-state index contributed by atoms with van der Waals surface area (Å²) in [7, 11) is -3.64. The maximum atomic E-state index is 12.3. The highest BCUT2D eigenvalue weighted by molar-refractivity contribution is 7.90. The van der Waals surface area contributed by atoms with Gasteiger partial charge in [-0.05, 0) is 25.5 Å². The zero-order chi connectivity index (χ0) is 12.6. The van der Waals surface area contributed by atoms with Crippen molar-refractivity contribution in [2.24, 2.45) is 5.73 Å². The molecule has 0 atom stereocenters. The summed E-state index contributed by atoms with van der Waals surface area (Å²) in [5.74, 6) is 0.283. The number of aromatic nitrogens is 2. The van der Waals surface area contributed by atoms with Crippen LogP contribution in [0.15, 0.2) is 27.9 Å². The number of hydrogen-bond acceptors (Lipinski definition) is 5. The van der Waals surface area contributed by atoms with Gasteiger partial charge in [0.2, 0.25) is 0 Å². The summed E-state index contributed by atoms with van der Waals surface area (Å²) in [6.45, 7) is 3.46. The minimum atomic E-state index is -3.64. The normalized spacial score (nSPS) is 11.9. The van der Waals surface area contributed by atoms with Crippen LogP contribution in [-0.2, 0) is 16.6 Å². The van der Waals surface area contributed by atoms with Gasteiger partial charge in [-0.15, -0.1) is 0 Å². The van der Waals surface area contributed by atoms with Crippen molar-refractivity contribution < 1.29 is 12.9 Å². The first-order chi connectivity index (χ1) is 7.96. The summed E-state index contributed by atoms with van der Waals surface area (Å²) in [6.07, 6.45) is 2.95. The molecule has 0 aliphatic heterocycles. The van der Waals surface area contributed by atoms with E-state index in [1.54, 1.807) is 19.9 Å². The number of nitrogens with zero attached hydrogens (tertiary/aromatic N) is 2. The molecular weight excluding hydrogens is 242 g/mol. The molecule has 2 rings (SSSR count). The first-order valence-electron chi connectivity index (χ1n) is 5.02. The zero-order valence-corrected chi connectivity index (χ0v) is 10.4. The first kappa shape index (κ1) is 11.9. The van der Waals surface area contributed by atoms with E-state index in [0.717, 1.165) is 9.54 Å². The number of hydrogen-bond donors (Lipinski definition) is 1. The SMILES string of the molecule is Cc1noc(C)c1S(=O)(=O)n1ccc(CN)c1. The highest BCUT2D eigenvalue weighted by atomic mass is 32.2. The van der Waals surface area contributed by atoms with Crippen LogP contribution in [0, 0.1) is 13.8 Å². The van der Waals surface area contributed by atoms with Crippen molar-refractivity contribution in [1.29, 1.82) is 0 Å². The van der Waals surface area contributed by atoms with Crippen molar-refractivity contribution in [3.05, 3.63) is 35.5 Å². The van der Waals surface area contributed by atoms with Gasteiger partial charge in [-0.25, -0.2) is 12.4 Å². The molecule has 0 unspecified atom stereocenters. The van der Waals surface area contributed by atoms with Crippen LogP contribution in [0.25, 0.3) is 0 Å². The fraction of sp³-hybridized carbons (Fsp3) is 0.300. The van der Waals surface area contributed by atoms with Crippen molar-refractivity contribution in [2.45, 2.75) is 25.3 Å². The maximum absolute atomic E-state index is 12.3. The Morgan fingerprint density at radius 3 is 2.65 bits per heavy atom. The average molecular weight is 255 g/mol. The van der Waals surface area contributed by atoms with E-state index in [-0.39, 0.29) is 10.7 Å². The van der Waals surface area contributed by atoms with E-state index in [1.807, 2.05) is 0 Å². The second kappa shape index (κ2) is 4.01. The molecule has 0 fully saturated rings. The van der Waals surface area contributed by atoms with Gasteiger partial charge < -0.3 is 10.3 Å². The summed E-state index contributed by atoms with van der Waals surface area (Å²) >= 11 is 0. The molecule has 0 aromatic carbocycles. The Morgan fingerprint density at radius 2 is 2.18 bits per heavy atom. The lowest BCUT2D eigenvalue weighted by Crippen LogP contribution is -2.12. The quantitative estimate of drug-likeness (QED) is 0.875. The third-order valence-corrected chi connectivity index (χ3v) is 4.35. The Bertz CT molecular complexity index is 620. The number of rotatable bonds is 3.